The highest BCUT2D eigenvalue weighted by Crippen LogP contribution is 2.42. The highest BCUT2D eigenvalue weighted by atomic mass is 16.6. The van der Waals surface area contributed by atoms with Gasteiger partial charge in [0.15, 0.2) is 11.5 Å². The predicted molar refractivity (Wildman–Crippen MR) is 86.7 cm³/mol. The summed E-state index contributed by atoms with van der Waals surface area (Å²) < 4.78 is 21.9. The van der Waals surface area contributed by atoms with Crippen LogP contribution < -0.4 is 9.47 Å². The van der Waals surface area contributed by atoms with Crippen molar-refractivity contribution in [3.8, 4) is 11.5 Å². The van der Waals surface area contributed by atoms with Gasteiger partial charge in [-0.2, -0.15) is 0 Å². The van der Waals surface area contributed by atoms with E-state index in [1.807, 2.05) is 12.1 Å². The number of esters is 1. The van der Waals surface area contributed by atoms with E-state index in [-0.39, 0.29) is 24.1 Å². The molecular formula is C18H26O5. The number of carbonyl (C=O) groups is 1. The zero-order valence-electron chi connectivity index (χ0n) is 14.5. The van der Waals surface area contributed by atoms with Crippen LogP contribution in [0, 0.1) is 11.8 Å². The summed E-state index contributed by atoms with van der Waals surface area (Å²) in [5, 5.41) is 0. The Kier molecular flexibility index (Phi) is 6.02. The largest absolute Gasteiger partial charge is 0.493 e. The standard InChI is InChI=1S/C18H26O5/c1-11(2)9-21-10-16-17(22-16)13-6-7-14(15(8-13)20-5)23-18(19)12(3)4/h6-8,11-12,16-17H,9-10H2,1-5H3/t16-,17-/m1/s1. The lowest BCUT2D eigenvalue weighted by Gasteiger charge is -2.11. The summed E-state index contributed by atoms with van der Waals surface area (Å²) in [6, 6.07) is 5.51. The van der Waals surface area contributed by atoms with Crippen molar-refractivity contribution in [3.63, 3.8) is 0 Å². The number of benzene rings is 1. The van der Waals surface area contributed by atoms with Crippen LogP contribution in [0.25, 0.3) is 0 Å². The summed E-state index contributed by atoms with van der Waals surface area (Å²) in [6.07, 6.45) is 0.105. The van der Waals surface area contributed by atoms with Gasteiger partial charge in [-0.25, -0.2) is 0 Å². The average Bonchev–Trinajstić information content (AvgIpc) is 3.26. The summed E-state index contributed by atoms with van der Waals surface area (Å²) in [7, 11) is 1.56. The molecule has 1 aliphatic rings. The fourth-order valence-electron chi connectivity index (χ4n) is 2.15. The van der Waals surface area contributed by atoms with Crippen molar-refractivity contribution < 1.29 is 23.7 Å². The molecule has 128 valence electrons. The van der Waals surface area contributed by atoms with E-state index in [1.165, 1.54) is 0 Å². The first-order valence-corrected chi connectivity index (χ1v) is 8.05. The highest BCUT2D eigenvalue weighted by molar-refractivity contribution is 5.75. The molecule has 1 heterocycles. The van der Waals surface area contributed by atoms with Crippen molar-refractivity contribution in [1.82, 2.24) is 0 Å². The molecule has 2 atom stereocenters. The van der Waals surface area contributed by atoms with Crippen LogP contribution in [0.3, 0.4) is 0 Å². The van der Waals surface area contributed by atoms with Crippen LogP contribution in [0.5, 0.6) is 11.5 Å². The molecule has 0 N–H and O–H groups in total. The molecule has 0 aromatic heterocycles. The van der Waals surface area contributed by atoms with Crippen LogP contribution in [-0.4, -0.2) is 32.4 Å². The zero-order chi connectivity index (χ0) is 17.0. The first kappa shape index (κ1) is 17.8. The molecule has 0 unspecified atom stereocenters. The summed E-state index contributed by atoms with van der Waals surface area (Å²) in [5.74, 6) is 1.02. The maximum atomic E-state index is 11.7. The molecule has 5 nitrogen and oxygen atoms in total. The second-order valence-electron chi connectivity index (χ2n) is 6.51. The Morgan fingerprint density at radius 2 is 1.96 bits per heavy atom. The van der Waals surface area contributed by atoms with Crippen LogP contribution in [0.15, 0.2) is 18.2 Å². The van der Waals surface area contributed by atoms with E-state index in [0.29, 0.717) is 24.0 Å². The van der Waals surface area contributed by atoms with E-state index in [4.69, 9.17) is 18.9 Å². The molecule has 0 saturated carbocycles. The Morgan fingerprint density at radius 3 is 2.57 bits per heavy atom. The molecule has 0 bridgehead atoms. The van der Waals surface area contributed by atoms with Gasteiger partial charge in [-0.15, -0.1) is 0 Å². The van der Waals surface area contributed by atoms with Crippen LogP contribution in [0.1, 0.15) is 39.4 Å². The Labute approximate surface area is 137 Å². The Balaban J connectivity index is 1.96. The van der Waals surface area contributed by atoms with Gasteiger partial charge in [0, 0.05) is 6.61 Å². The van der Waals surface area contributed by atoms with Gasteiger partial charge >= 0.3 is 5.97 Å². The van der Waals surface area contributed by atoms with Crippen molar-refractivity contribution in [2.24, 2.45) is 11.8 Å². The van der Waals surface area contributed by atoms with Crippen LogP contribution in [0.4, 0.5) is 0 Å². The quantitative estimate of drug-likeness (QED) is 0.417. The van der Waals surface area contributed by atoms with E-state index in [0.717, 1.165) is 12.2 Å². The van der Waals surface area contributed by atoms with Crippen LogP contribution >= 0.6 is 0 Å². The number of ether oxygens (including phenoxy) is 4. The fraction of sp³-hybridized carbons (Fsp3) is 0.611. The molecule has 2 rings (SSSR count). The molecule has 1 aromatic rings. The van der Waals surface area contributed by atoms with Crippen molar-refractivity contribution >= 4 is 5.97 Å². The molecule has 23 heavy (non-hydrogen) atoms. The molecule has 0 aliphatic carbocycles. The summed E-state index contributed by atoms with van der Waals surface area (Å²) in [4.78, 5) is 11.7. The Hall–Kier alpha value is -1.59. The van der Waals surface area contributed by atoms with Crippen LogP contribution in [0.2, 0.25) is 0 Å². The number of hydrogen-bond donors (Lipinski definition) is 0. The zero-order valence-corrected chi connectivity index (χ0v) is 14.5. The van der Waals surface area contributed by atoms with Gasteiger partial charge in [0.25, 0.3) is 0 Å². The lowest BCUT2D eigenvalue weighted by atomic mass is 10.1. The minimum absolute atomic E-state index is 0.0194. The third-order valence-electron chi connectivity index (χ3n) is 3.51. The number of rotatable bonds is 8. The first-order chi connectivity index (χ1) is 10.9. The second kappa shape index (κ2) is 7.79. The van der Waals surface area contributed by atoms with Gasteiger partial charge in [-0.1, -0.05) is 33.8 Å². The minimum atomic E-state index is -0.279. The fourth-order valence-corrected chi connectivity index (χ4v) is 2.15. The maximum Gasteiger partial charge on any atom is 0.313 e. The number of methoxy groups -OCH3 is 1. The molecule has 0 radical (unpaired) electrons. The molecule has 0 spiro atoms. The predicted octanol–water partition coefficient (Wildman–Crippen LogP) is 3.37. The van der Waals surface area contributed by atoms with Gasteiger partial charge in [0.1, 0.15) is 12.2 Å². The molecule has 1 aliphatic heterocycles. The van der Waals surface area contributed by atoms with Crippen LogP contribution in [-0.2, 0) is 14.3 Å². The van der Waals surface area contributed by atoms with E-state index < -0.39 is 0 Å². The topological polar surface area (TPSA) is 57.3 Å². The maximum absolute atomic E-state index is 11.7. The number of carbonyl (C=O) groups excluding carboxylic acids is 1. The van der Waals surface area contributed by atoms with Crippen molar-refractivity contribution in [2.75, 3.05) is 20.3 Å². The molecule has 0 amide bonds. The molecular weight excluding hydrogens is 296 g/mol. The molecule has 1 fully saturated rings. The average molecular weight is 322 g/mol. The van der Waals surface area contributed by atoms with E-state index in [1.54, 1.807) is 27.0 Å². The number of hydrogen-bond acceptors (Lipinski definition) is 5. The molecule has 5 heteroatoms. The summed E-state index contributed by atoms with van der Waals surface area (Å²) in [5.41, 5.74) is 1.00. The van der Waals surface area contributed by atoms with Gasteiger partial charge in [0.05, 0.1) is 19.6 Å². The van der Waals surface area contributed by atoms with E-state index in [2.05, 4.69) is 13.8 Å². The van der Waals surface area contributed by atoms with Crippen molar-refractivity contribution in [1.29, 1.82) is 0 Å². The Bertz CT molecular complexity index is 538. The molecule has 1 saturated heterocycles. The number of epoxide rings is 1. The second-order valence-corrected chi connectivity index (χ2v) is 6.51. The van der Waals surface area contributed by atoms with E-state index >= 15 is 0 Å². The monoisotopic (exact) mass is 322 g/mol. The van der Waals surface area contributed by atoms with Crippen molar-refractivity contribution in [3.05, 3.63) is 23.8 Å². The van der Waals surface area contributed by atoms with Gasteiger partial charge in [-0.05, 0) is 23.6 Å². The van der Waals surface area contributed by atoms with Crippen molar-refractivity contribution in [2.45, 2.75) is 39.9 Å². The van der Waals surface area contributed by atoms with Gasteiger partial charge in [-0.3, -0.25) is 4.79 Å². The smallest absolute Gasteiger partial charge is 0.313 e. The summed E-state index contributed by atoms with van der Waals surface area (Å²) in [6.45, 7) is 9.15. The third kappa shape index (κ3) is 4.94. The SMILES string of the molecule is COc1cc([C@H]2O[C@@H]2COCC(C)C)ccc1OC(=O)C(C)C. The first-order valence-electron chi connectivity index (χ1n) is 8.05. The van der Waals surface area contributed by atoms with E-state index in [9.17, 15) is 4.79 Å². The molecule has 1 aromatic carbocycles. The third-order valence-corrected chi connectivity index (χ3v) is 3.51. The minimum Gasteiger partial charge on any atom is -0.493 e. The Morgan fingerprint density at radius 1 is 1.22 bits per heavy atom. The lowest BCUT2D eigenvalue weighted by molar-refractivity contribution is -0.137. The van der Waals surface area contributed by atoms with Gasteiger partial charge in [0.2, 0.25) is 0 Å². The normalized spacial score (nSPS) is 20.0. The highest BCUT2D eigenvalue weighted by Gasteiger charge is 2.40. The summed E-state index contributed by atoms with van der Waals surface area (Å²) >= 11 is 0. The van der Waals surface area contributed by atoms with Gasteiger partial charge < -0.3 is 18.9 Å². The lowest BCUT2D eigenvalue weighted by Crippen LogP contribution is -2.15.